The molecule has 1 aliphatic heterocycles. The highest BCUT2D eigenvalue weighted by molar-refractivity contribution is 7.92. The number of nitrogens with one attached hydrogen (secondary N) is 1. The molecule has 0 atom stereocenters. The molecule has 2 aliphatic rings. The van der Waals surface area contributed by atoms with Gasteiger partial charge in [-0.05, 0) is 46.2 Å². The van der Waals surface area contributed by atoms with Crippen molar-refractivity contribution in [3.05, 3.63) is 0 Å². The Kier molecular flexibility index (Phi) is 4.29. The summed E-state index contributed by atoms with van der Waals surface area (Å²) in [5.41, 5.74) is 0.254. The molecule has 1 aliphatic carbocycles. The van der Waals surface area contributed by atoms with E-state index in [9.17, 15) is 8.42 Å². The Balaban J connectivity index is 2.07. The van der Waals surface area contributed by atoms with Crippen molar-refractivity contribution in [3.8, 4) is 0 Å². The van der Waals surface area contributed by atoms with Crippen molar-refractivity contribution in [2.75, 3.05) is 32.4 Å². The van der Waals surface area contributed by atoms with Crippen LogP contribution in [-0.4, -0.2) is 56.0 Å². The van der Waals surface area contributed by atoms with E-state index in [1.807, 2.05) is 13.8 Å². The van der Waals surface area contributed by atoms with E-state index in [0.29, 0.717) is 6.54 Å². The Morgan fingerprint density at radius 3 is 2.42 bits per heavy atom. The van der Waals surface area contributed by atoms with Crippen LogP contribution in [0.4, 0.5) is 0 Å². The van der Waals surface area contributed by atoms with Crippen LogP contribution < -0.4 is 5.32 Å². The summed E-state index contributed by atoms with van der Waals surface area (Å²) in [5.74, 6) is 0. The van der Waals surface area contributed by atoms with Gasteiger partial charge in [0.05, 0.1) is 4.75 Å². The second-order valence-corrected chi connectivity index (χ2v) is 9.66. The molecule has 0 aromatic rings. The zero-order valence-electron chi connectivity index (χ0n) is 12.5. The Morgan fingerprint density at radius 1 is 1.21 bits per heavy atom. The van der Waals surface area contributed by atoms with Gasteiger partial charge in [0.2, 0.25) is 0 Å². The van der Waals surface area contributed by atoms with Gasteiger partial charge in [-0.3, -0.25) is 4.90 Å². The summed E-state index contributed by atoms with van der Waals surface area (Å²) in [6, 6.07) is 0. The maximum atomic E-state index is 11.9. The molecule has 0 radical (unpaired) electrons. The second-order valence-electron chi connectivity index (χ2n) is 7.01. The first-order valence-electron chi connectivity index (χ1n) is 7.41. The predicted octanol–water partition coefficient (Wildman–Crippen LogP) is 1.42. The van der Waals surface area contributed by atoms with E-state index in [-0.39, 0.29) is 5.54 Å². The van der Waals surface area contributed by atoms with Crippen LogP contribution in [0.1, 0.15) is 46.0 Å². The van der Waals surface area contributed by atoms with E-state index in [1.54, 1.807) is 0 Å². The Hall–Kier alpha value is -0.130. The van der Waals surface area contributed by atoms with Crippen LogP contribution in [0.5, 0.6) is 0 Å². The van der Waals surface area contributed by atoms with Crippen molar-refractivity contribution in [3.63, 3.8) is 0 Å². The number of hydrogen-bond acceptors (Lipinski definition) is 4. The van der Waals surface area contributed by atoms with Crippen molar-refractivity contribution in [1.82, 2.24) is 10.2 Å². The number of rotatable bonds is 3. The molecular formula is C14H28N2O2S. The van der Waals surface area contributed by atoms with Gasteiger partial charge in [-0.1, -0.05) is 12.8 Å². The van der Waals surface area contributed by atoms with E-state index in [1.165, 1.54) is 31.9 Å². The topological polar surface area (TPSA) is 49.4 Å². The summed E-state index contributed by atoms with van der Waals surface area (Å²) < 4.78 is 23.1. The number of hydrogen-bond donors (Lipinski definition) is 1. The average Bonchev–Trinajstić information content (AvgIpc) is 2.61. The summed E-state index contributed by atoms with van der Waals surface area (Å²) >= 11 is 0. The first-order chi connectivity index (χ1) is 8.74. The lowest BCUT2D eigenvalue weighted by atomic mass is 9.97. The maximum absolute atomic E-state index is 11.9. The molecule has 5 heteroatoms. The fraction of sp³-hybridized carbons (Fsp3) is 1.00. The van der Waals surface area contributed by atoms with E-state index in [0.717, 1.165) is 26.1 Å². The highest BCUT2D eigenvalue weighted by Gasteiger charge is 2.39. The molecule has 2 rings (SSSR count). The molecule has 19 heavy (non-hydrogen) atoms. The summed E-state index contributed by atoms with van der Waals surface area (Å²) in [6.07, 6.45) is 7.55. The molecule has 1 spiro atoms. The predicted molar refractivity (Wildman–Crippen MR) is 79.2 cm³/mol. The molecule has 0 bridgehead atoms. The van der Waals surface area contributed by atoms with Crippen molar-refractivity contribution in [1.29, 1.82) is 0 Å². The van der Waals surface area contributed by atoms with Crippen molar-refractivity contribution in [2.45, 2.75) is 56.2 Å². The molecular weight excluding hydrogens is 260 g/mol. The lowest BCUT2D eigenvalue weighted by Gasteiger charge is -2.36. The lowest BCUT2D eigenvalue weighted by Crippen LogP contribution is -2.52. The molecule has 1 heterocycles. The molecule has 1 N–H and O–H groups in total. The second kappa shape index (κ2) is 5.34. The van der Waals surface area contributed by atoms with Gasteiger partial charge in [-0.2, -0.15) is 0 Å². The summed E-state index contributed by atoms with van der Waals surface area (Å²) in [7, 11) is -3.01. The van der Waals surface area contributed by atoms with Crippen molar-refractivity contribution < 1.29 is 8.42 Å². The van der Waals surface area contributed by atoms with Gasteiger partial charge in [-0.25, -0.2) is 8.42 Å². The van der Waals surface area contributed by atoms with E-state index >= 15 is 0 Å². The molecule has 1 saturated carbocycles. The van der Waals surface area contributed by atoms with Crippen LogP contribution in [-0.2, 0) is 9.84 Å². The minimum Gasteiger partial charge on any atom is -0.310 e. The Labute approximate surface area is 117 Å². The Morgan fingerprint density at radius 2 is 1.84 bits per heavy atom. The van der Waals surface area contributed by atoms with Crippen LogP contribution >= 0.6 is 0 Å². The minimum atomic E-state index is -3.01. The van der Waals surface area contributed by atoms with Gasteiger partial charge in [0.25, 0.3) is 0 Å². The van der Waals surface area contributed by atoms with Gasteiger partial charge < -0.3 is 5.32 Å². The molecule has 0 aromatic heterocycles. The molecule has 0 amide bonds. The third-order valence-electron chi connectivity index (χ3n) is 4.85. The van der Waals surface area contributed by atoms with Gasteiger partial charge in [0, 0.05) is 24.9 Å². The van der Waals surface area contributed by atoms with Crippen LogP contribution in [0, 0.1) is 0 Å². The zero-order valence-corrected chi connectivity index (χ0v) is 13.4. The van der Waals surface area contributed by atoms with E-state index in [2.05, 4.69) is 10.2 Å². The van der Waals surface area contributed by atoms with Crippen LogP contribution in [0.15, 0.2) is 0 Å². The monoisotopic (exact) mass is 288 g/mol. The van der Waals surface area contributed by atoms with E-state index < -0.39 is 14.6 Å². The summed E-state index contributed by atoms with van der Waals surface area (Å²) in [5, 5.41) is 3.72. The molecule has 0 aromatic carbocycles. The van der Waals surface area contributed by atoms with Crippen LogP contribution in [0.3, 0.4) is 0 Å². The maximum Gasteiger partial charge on any atom is 0.153 e. The Bertz CT molecular complexity index is 411. The third-order valence-corrected chi connectivity index (χ3v) is 6.98. The van der Waals surface area contributed by atoms with Gasteiger partial charge >= 0.3 is 0 Å². The molecule has 0 unspecified atom stereocenters. The first kappa shape index (κ1) is 15.3. The average molecular weight is 288 g/mol. The quantitative estimate of drug-likeness (QED) is 0.853. The number of nitrogens with zero attached hydrogens (tertiary/aromatic N) is 1. The fourth-order valence-electron chi connectivity index (χ4n) is 3.40. The minimum absolute atomic E-state index is 0.254. The van der Waals surface area contributed by atoms with Gasteiger partial charge in [0.15, 0.2) is 9.84 Å². The van der Waals surface area contributed by atoms with Gasteiger partial charge in [-0.15, -0.1) is 0 Å². The summed E-state index contributed by atoms with van der Waals surface area (Å²) in [6.45, 7) is 7.43. The lowest BCUT2D eigenvalue weighted by molar-refractivity contribution is 0.197. The molecule has 4 nitrogen and oxygen atoms in total. The smallest absolute Gasteiger partial charge is 0.153 e. The molecule has 1 saturated heterocycles. The van der Waals surface area contributed by atoms with Crippen LogP contribution in [0.25, 0.3) is 0 Å². The third kappa shape index (κ3) is 3.50. The largest absolute Gasteiger partial charge is 0.310 e. The molecule has 112 valence electrons. The highest BCUT2D eigenvalue weighted by Crippen LogP contribution is 2.32. The van der Waals surface area contributed by atoms with Crippen molar-refractivity contribution in [2.24, 2.45) is 0 Å². The van der Waals surface area contributed by atoms with E-state index in [4.69, 9.17) is 0 Å². The first-order valence-corrected chi connectivity index (χ1v) is 9.30. The summed E-state index contributed by atoms with van der Waals surface area (Å²) in [4.78, 5) is 2.37. The number of sulfone groups is 1. The van der Waals surface area contributed by atoms with Crippen LogP contribution in [0.2, 0.25) is 0 Å². The SMILES string of the molecule is CC(C)(CN1CCCNC2(CCCC2)C1)S(C)(=O)=O. The van der Waals surface area contributed by atoms with Gasteiger partial charge in [0.1, 0.15) is 0 Å². The normalized spacial score (nSPS) is 25.6. The standard InChI is InChI=1S/C14H28N2O2S/c1-13(2,19(3,17)18)11-16-10-6-9-15-14(12-16)7-4-5-8-14/h15H,4-12H2,1-3H3. The highest BCUT2D eigenvalue weighted by atomic mass is 32.2. The molecule has 2 fully saturated rings. The van der Waals surface area contributed by atoms with Crippen molar-refractivity contribution >= 4 is 9.84 Å². The zero-order chi connectivity index (χ0) is 14.1. The fourth-order valence-corrected chi connectivity index (χ4v) is 3.81.